The fourth-order valence-corrected chi connectivity index (χ4v) is 2.01. The molecule has 1 saturated heterocycles. The van der Waals surface area contributed by atoms with Crippen LogP contribution < -0.4 is 5.32 Å². The zero-order valence-corrected chi connectivity index (χ0v) is 10.2. The molecule has 0 unspecified atom stereocenters. The SMILES string of the molecule is Cc1cc(F)ccc1CCN1CCC(=O)NC1=O. The molecule has 0 aliphatic carbocycles. The summed E-state index contributed by atoms with van der Waals surface area (Å²) in [6.07, 6.45) is 1.00. The summed E-state index contributed by atoms with van der Waals surface area (Å²) in [7, 11) is 0. The van der Waals surface area contributed by atoms with E-state index in [1.807, 2.05) is 6.92 Å². The maximum atomic E-state index is 12.9. The van der Waals surface area contributed by atoms with E-state index in [4.69, 9.17) is 0 Å². The largest absolute Gasteiger partial charge is 0.324 e. The minimum atomic E-state index is -0.342. The van der Waals surface area contributed by atoms with E-state index < -0.39 is 0 Å². The second-order valence-corrected chi connectivity index (χ2v) is 4.41. The van der Waals surface area contributed by atoms with Crippen molar-refractivity contribution < 1.29 is 14.0 Å². The van der Waals surface area contributed by atoms with Crippen LogP contribution in [0.25, 0.3) is 0 Å². The second-order valence-electron chi connectivity index (χ2n) is 4.41. The lowest BCUT2D eigenvalue weighted by Gasteiger charge is -2.26. The normalized spacial score (nSPS) is 15.8. The summed E-state index contributed by atoms with van der Waals surface area (Å²) in [4.78, 5) is 24.1. The molecule has 1 heterocycles. The van der Waals surface area contributed by atoms with E-state index in [1.165, 1.54) is 12.1 Å². The van der Waals surface area contributed by atoms with Crippen molar-refractivity contribution in [1.82, 2.24) is 10.2 Å². The lowest BCUT2D eigenvalue weighted by atomic mass is 10.1. The van der Waals surface area contributed by atoms with Crippen LogP contribution in [0.3, 0.4) is 0 Å². The lowest BCUT2D eigenvalue weighted by Crippen LogP contribution is -2.49. The van der Waals surface area contributed by atoms with Crippen LogP contribution in [0.4, 0.5) is 9.18 Å². The Labute approximate surface area is 105 Å². The van der Waals surface area contributed by atoms with Crippen molar-refractivity contribution in [3.63, 3.8) is 0 Å². The van der Waals surface area contributed by atoms with Crippen LogP contribution in [0.1, 0.15) is 17.5 Å². The summed E-state index contributed by atoms with van der Waals surface area (Å²) < 4.78 is 12.9. The maximum Gasteiger partial charge on any atom is 0.324 e. The number of imide groups is 1. The fourth-order valence-electron chi connectivity index (χ4n) is 2.01. The minimum absolute atomic E-state index is 0.228. The topological polar surface area (TPSA) is 49.4 Å². The van der Waals surface area contributed by atoms with Gasteiger partial charge in [0, 0.05) is 19.5 Å². The first-order valence-electron chi connectivity index (χ1n) is 5.90. The van der Waals surface area contributed by atoms with Crippen LogP contribution >= 0.6 is 0 Å². The average molecular weight is 250 g/mol. The van der Waals surface area contributed by atoms with E-state index in [-0.39, 0.29) is 17.8 Å². The van der Waals surface area contributed by atoms with Gasteiger partial charge < -0.3 is 4.90 Å². The first kappa shape index (κ1) is 12.5. The molecule has 0 radical (unpaired) electrons. The monoisotopic (exact) mass is 250 g/mol. The number of amides is 3. The molecule has 0 aromatic heterocycles. The number of halogens is 1. The van der Waals surface area contributed by atoms with Gasteiger partial charge in [-0.1, -0.05) is 6.07 Å². The van der Waals surface area contributed by atoms with Gasteiger partial charge in [-0.25, -0.2) is 9.18 Å². The molecule has 0 spiro atoms. The molecule has 0 bridgehead atoms. The Morgan fingerprint density at radius 1 is 1.39 bits per heavy atom. The van der Waals surface area contributed by atoms with E-state index in [9.17, 15) is 14.0 Å². The molecule has 96 valence electrons. The Balaban J connectivity index is 1.95. The van der Waals surface area contributed by atoms with Crippen LogP contribution in [0.5, 0.6) is 0 Å². The fraction of sp³-hybridized carbons (Fsp3) is 0.385. The van der Waals surface area contributed by atoms with Crippen LogP contribution in [-0.4, -0.2) is 29.9 Å². The molecular weight excluding hydrogens is 235 g/mol. The predicted octanol–water partition coefficient (Wildman–Crippen LogP) is 1.62. The van der Waals surface area contributed by atoms with Crippen molar-refractivity contribution in [3.05, 3.63) is 35.1 Å². The summed E-state index contributed by atoms with van der Waals surface area (Å²) >= 11 is 0. The highest BCUT2D eigenvalue weighted by molar-refractivity contribution is 5.96. The first-order chi connectivity index (χ1) is 8.56. The Bertz CT molecular complexity index is 488. The summed E-state index contributed by atoms with van der Waals surface area (Å²) in [6, 6.07) is 4.29. The summed E-state index contributed by atoms with van der Waals surface area (Å²) in [5, 5.41) is 2.28. The van der Waals surface area contributed by atoms with Crippen molar-refractivity contribution in [1.29, 1.82) is 0 Å². The minimum Gasteiger partial charge on any atom is -0.324 e. The van der Waals surface area contributed by atoms with E-state index in [2.05, 4.69) is 5.32 Å². The maximum absolute atomic E-state index is 12.9. The highest BCUT2D eigenvalue weighted by Gasteiger charge is 2.22. The molecule has 1 aromatic carbocycles. The Morgan fingerprint density at radius 3 is 2.83 bits per heavy atom. The molecule has 1 aliphatic heterocycles. The Kier molecular flexibility index (Phi) is 3.60. The van der Waals surface area contributed by atoms with Crippen molar-refractivity contribution in [2.45, 2.75) is 19.8 Å². The predicted molar refractivity (Wildman–Crippen MR) is 64.6 cm³/mol. The molecule has 18 heavy (non-hydrogen) atoms. The average Bonchev–Trinajstić information content (AvgIpc) is 2.30. The number of carbonyl (C=O) groups excluding carboxylic acids is 2. The van der Waals surface area contributed by atoms with Crippen molar-refractivity contribution >= 4 is 11.9 Å². The number of hydrogen-bond donors (Lipinski definition) is 1. The summed E-state index contributed by atoms with van der Waals surface area (Å²) in [5.41, 5.74) is 1.89. The molecule has 3 amide bonds. The molecule has 1 aliphatic rings. The van der Waals surface area contributed by atoms with E-state index in [0.29, 0.717) is 25.9 Å². The Morgan fingerprint density at radius 2 is 2.17 bits per heavy atom. The number of nitrogens with zero attached hydrogens (tertiary/aromatic N) is 1. The number of urea groups is 1. The highest BCUT2D eigenvalue weighted by atomic mass is 19.1. The van der Waals surface area contributed by atoms with Crippen molar-refractivity contribution in [2.75, 3.05) is 13.1 Å². The van der Waals surface area contributed by atoms with Gasteiger partial charge in [0.2, 0.25) is 5.91 Å². The molecule has 1 N–H and O–H groups in total. The molecule has 1 aromatic rings. The van der Waals surface area contributed by atoms with Crippen LogP contribution in [0.15, 0.2) is 18.2 Å². The van der Waals surface area contributed by atoms with Crippen molar-refractivity contribution in [3.8, 4) is 0 Å². The van der Waals surface area contributed by atoms with Gasteiger partial charge in [0.1, 0.15) is 5.82 Å². The third-order valence-electron chi connectivity index (χ3n) is 3.10. The first-order valence-corrected chi connectivity index (χ1v) is 5.90. The molecule has 2 rings (SSSR count). The Hall–Kier alpha value is -1.91. The second kappa shape index (κ2) is 5.16. The van der Waals surface area contributed by atoms with Gasteiger partial charge in [0.25, 0.3) is 0 Å². The number of hydrogen-bond acceptors (Lipinski definition) is 2. The van der Waals surface area contributed by atoms with Crippen LogP contribution in [-0.2, 0) is 11.2 Å². The number of carbonyl (C=O) groups is 2. The lowest BCUT2D eigenvalue weighted by molar-refractivity contribution is -0.121. The van der Waals surface area contributed by atoms with E-state index >= 15 is 0 Å². The quantitative estimate of drug-likeness (QED) is 0.886. The zero-order valence-electron chi connectivity index (χ0n) is 10.2. The van der Waals surface area contributed by atoms with Gasteiger partial charge in [-0.05, 0) is 36.6 Å². The standard InChI is InChI=1S/C13H15FN2O2/c1-9-8-11(14)3-2-10(9)4-6-16-7-5-12(17)15-13(16)18/h2-3,8H,4-7H2,1H3,(H,15,17,18). The highest BCUT2D eigenvalue weighted by Crippen LogP contribution is 2.12. The summed E-state index contributed by atoms with van der Waals surface area (Å²) in [6.45, 7) is 2.83. The molecular formula is C13H15FN2O2. The van der Waals surface area contributed by atoms with Gasteiger partial charge in [-0.15, -0.1) is 0 Å². The third-order valence-corrected chi connectivity index (χ3v) is 3.10. The molecule has 1 fully saturated rings. The summed E-state index contributed by atoms with van der Waals surface area (Å²) in [5.74, 6) is -0.480. The number of aryl methyl sites for hydroxylation is 1. The number of rotatable bonds is 3. The molecule has 4 nitrogen and oxygen atoms in total. The van der Waals surface area contributed by atoms with Crippen molar-refractivity contribution in [2.24, 2.45) is 0 Å². The van der Waals surface area contributed by atoms with Crippen LogP contribution in [0.2, 0.25) is 0 Å². The zero-order chi connectivity index (χ0) is 13.1. The number of nitrogens with one attached hydrogen (secondary N) is 1. The van der Waals surface area contributed by atoms with Gasteiger partial charge >= 0.3 is 6.03 Å². The van der Waals surface area contributed by atoms with Crippen LogP contribution in [0, 0.1) is 12.7 Å². The van der Waals surface area contributed by atoms with Gasteiger partial charge in [0.05, 0.1) is 0 Å². The van der Waals surface area contributed by atoms with E-state index in [0.717, 1.165) is 11.1 Å². The number of benzene rings is 1. The molecule has 0 saturated carbocycles. The molecule has 5 heteroatoms. The van der Waals surface area contributed by atoms with Gasteiger partial charge in [-0.2, -0.15) is 0 Å². The molecule has 0 atom stereocenters. The van der Waals surface area contributed by atoms with Gasteiger partial charge in [0.15, 0.2) is 0 Å². The van der Waals surface area contributed by atoms with Gasteiger partial charge in [-0.3, -0.25) is 10.1 Å². The van der Waals surface area contributed by atoms with E-state index in [1.54, 1.807) is 11.0 Å². The smallest absolute Gasteiger partial charge is 0.324 e. The third kappa shape index (κ3) is 2.85.